The molecule has 0 bridgehead atoms. The summed E-state index contributed by atoms with van der Waals surface area (Å²) >= 11 is 0. The predicted octanol–water partition coefficient (Wildman–Crippen LogP) is 4.03. The minimum Gasteiger partial charge on any atom is -0.453 e. The molecule has 4 aromatic rings. The number of halogens is 1. The third-order valence-corrected chi connectivity index (χ3v) is 3.38. The number of fused-ring (bicyclic) bond motifs is 2. The molecule has 0 aliphatic carbocycles. The van der Waals surface area contributed by atoms with Crippen molar-refractivity contribution in [1.82, 2.24) is 9.97 Å². The molecule has 9 heteroatoms. The number of carbonyl (C=O) groups is 1. The van der Waals surface area contributed by atoms with Crippen molar-refractivity contribution in [3.8, 4) is 0 Å². The van der Waals surface area contributed by atoms with Gasteiger partial charge < -0.3 is 13.6 Å². The SMILES string of the molecule is COC(=O)Nc1ccc2oc(Nc3nc4cc(F)ccc4o3)nc2c1. The summed E-state index contributed by atoms with van der Waals surface area (Å²) in [6, 6.07) is 9.24. The van der Waals surface area contributed by atoms with Gasteiger partial charge in [0.1, 0.15) is 16.9 Å². The molecule has 25 heavy (non-hydrogen) atoms. The molecule has 8 nitrogen and oxygen atoms in total. The van der Waals surface area contributed by atoms with E-state index in [9.17, 15) is 9.18 Å². The molecule has 0 saturated heterocycles. The third-order valence-electron chi connectivity index (χ3n) is 3.38. The Balaban J connectivity index is 1.61. The first-order valence-electron chi connectivity index (χ1n) is 7.19. The zero-order chi connectivity index (χ0) is 17.4. The van der Waals surface area contributed by atoms with Gasteiger partial charge in [0.05, 0.1) is 7.11 Å². The number of benzene rings is 2. The highest BCUT2D eigenvalue weighted by atomic mass is 19.1. The Hall–Kier alpha value is -3.62. The van der Waals surface area contributed by atoms with Gasteiger partial charge in [0.15, 0.2) is 11.2 Å². The smallest absolute Gasteiger partial charge is 0.411 e. The number of nitrogens with zero attached hydrogens (tertiary/aromatic N) is 2. The molecule has 0 fully saturated rings. The van der Waals surface area contributed by atoms with Crippen LogP contribution >= 0.6 is 0 Å². The average molecular weight is 342 g/mol. The summed E-state index contributed by atoms with van der Waals surface area (Å²) in [5.41, 5.74) is 2.34. The summed E-state index contributed by atoms with van der Waals surface area (Å²) in [5, 5.41) is 5.32. The van der Waals surface area contributed by atoms with E-state index in [0.717, 1.165) is 0 Å². The number of carbonyl (C=O) groups excluding carboxylic acids is 1. The van der Waals surface area contributed by atoms with E-state index < -0.39 is 11.9 Å². The van der Waals surface area contributed by atoms with E-state index in [-0.39, 0.29) is 12.0 Å². The molecule has 0 unspecified atom stereocenters. The van der Waals surface area contributed by atoms with Crippen molar-refractivity contribution < 1.29 is 22.8 Å². The maximum absolute atomic E-state index is 13.2. The fourth-order valence-electron chi connectivity index (χ4n) is 2.27. The number of anilines is 3. The predicted molar refractivity (Wildman–Crippen MR) is 87.3 cm³/mol. The monoisotopic (exact) mass is 342 g/mol. The zero-order valence-electron chi connectivity index (χ0n) is 12.9. The van der Waals surface area contributed by atoms with E-state index in [2.05, 4.69) is 25.3 Å². The molecule has 2 aromatic heterocycles. The second-order valence-electron chi connectivity index (χ2n) is 5.07. The molecule has 2 heterocycles. The number of methoxy groups -OCH3 is 1. The molecule has 0 radical (unpaired) electrons. The van der Waals surface area contributed by atoms with Crippen LogP contribution in [0, 0.1) is 5.82 Å². The lowest BCUT2D eigenvalue weighted by molar-refractivity contribution is 0.187. The van der Waals surface area contributed by atoms with E-state index >= 15 is 0 Å². The summed E-state index contributed by atoms with van der Waals surface area (Å²) in [6.45, 7) is 0. The van der Waals surface area contributed by atoms with Crippen LogP contribution < -0.4 is 10.6 Å². The Kier molecular flexibility index (Phi) is 3.46. The van der Waals surface area contributed by atoms with Gasteiger partial charge in [-0.3, -0.25) is 10.6 Å². The van der Waals surface area contributed by atoms with E-state index in [0.29, 0.717) is 27.9 Å². The molecule has 4 rings (SSSR count). The van der Waals surface area contributed by atoms with Crippen LogP contribution in [0.25, 0.3) is 22.2 Å². The molecule has 0 saturated carbocycles. The Bertz CT molecular complexity index is 1090. The van der Waals surface area contributed by atoms with Crippen LogP contribution in [0.15, 0.2) is 45.2 Å². The molecular weight excluding hydrogens is 331 g/mol. The second-order valence-corrected chi connectivity index (χ2v) is 5.07. The van der Waals surface area contributed by atoms with Gasteiger partial charge in [-0.1, -0.05) is 0 Å². The van der Waals surface area contributed by atoms with Gasteiger partial charge in [-0.05, 0) is 30.3 Å². The first kappa shape index (κ1) is 14.9. The van der Waals surface area contributed by atoms with Crippen molar-refractivity contribution in [2.75, 3.05) is 17.7 Å². The molecule has 126 valence electrons. The van der Waals surface area contributed by atoms with Gasteiger partial charge >= 0.3 is 18.1 Å². The topological polar surface area (TPSA) is 102 Å². The first-order valence-corrected chi connectivity index (χ1v) is 7.19. The third kappa shape index (κ3) is 2.94. The molecule has 0 atom stereocenters. The van der Waals surface area contributed by atoms with Crippen LogP contribution in [-0.4, -0.2) is 23.2 Å². The first-order chi connectivity index (χ1) is 12.1. The second kappa shape index (κ2) is 5.78. The summed E-state index contributed by atoms with van der Waals surface area (Å²) in [5.74, 6) is -0.403. The summed E-state index contributed by atoms with van der Waals surface area (Å²) in [6.07, 6.45) is -0.583. The van der Waals surface area contributed by atoms with E-state index in [1.165, 1.54) is 25.3 Å². The lowest BCUT2D eigenvalue weighted by Crippen LogP contribution is -2.10. The minimum absolute atomic E-state index is 0.125. The van der Waals surface area contributed by atoms with Crippen molar-refractivity contribution >= 4 is 46.0 Å². The van der Waals surface area contributed by atoms with E-state index in [1.54, 1.807) is 18.2 Å². The van der Waals surface area contributed by atoms with Crippen LogP contribution in [0.5, 0.6) is 0 Å². The standard InChI is InChI=1S/C16H11FN4O4/c1-23-16(22)18-9-3-5-13-11(7-9)20-15(25-13)21-14-19-10-6-8(17)2-4-12(10)24-14/h2-7H,1H3,(H,18,22)(H,19,20,21). The van der Waals surface area contributed by atoms with Crippen molar-refractivity contribution in [3.63, 3.8) is 0 Å². The van der Waals surface area contributed by atoms with Gasteiger partial charge in [-0.15, -0.1) is 0 Å². The Morgan fingerprint density at radius 1 is 1.04 bits per heavy atom. The highest BCUT2D eigenvalue weighted by molar-refractivity contribution is 5.88. The number of rotatable bonds is 3. The lowest BCUT2D eigenvalue weighted by atomic mass is 10.3. The molecule has 0 aliphatic rings. The lowest BCUT2D eigenvalue weighted by Gasteiger charge is -2.01. The fourth-order valence-corrected chi connectivity index (χ4v) is 2.27. The van der Waals surface area contributed by atoms with Gasteiger partial charge in [0.2, 0.25) is 0 Å². The van der Waals surface area contributed by atoms with Crippen LogP contribution in [0.3, 0.4) is 0 Å². The molecule has 0 aliphatic heterocycles. The number of amides is 1. The number of hydrogen-bond donors (Lipinski definition) is 2. The van der Waals surface area contributed by atoms with Crippen LogP contribution in [0.1, 0.15) is 0 Å². The molecule has 2 aromatic carbocycles. The zero-order valence-corrected chi connectivity index (χ0v) is 12.9. The number of nitrogens with one attached hydrogen (secondary N) is 2. The fraction of sp³-hybridized carbons (Fsp3) is 0.0625. The van der Waals surface area contributed by atoms with E-state index in [4.69, 9.17) is 8.83 Å². The molecular formula is C16H11FN4O4. The quantitative estimate of drug-likeness (QED) is 0.579. The number of aromatic nitrogens is 2. The largest absolute Gasteiger partial charge is 0.453 e. The van der Waals surface area contributed by atoms with Crippen LogP contribution in [-0.2, 0) is 4.74 Å². The molecule has 1 amide bonds. The molecule has 2 N–H and O–H groups in total. The van der Waals surface area contributed by atoms with Gasteiger partial charge in [-0.2, -0.15) is 9.97 Å². The highest BCUT2D eigenvalue weighted by Gasteiger charge is 2.12. The Morgan fingerprint density at radius 3 is 2.36 bits per heavy atom. The average Bonchev–Trinajstić information content (AvgIpc) is 3.16. The highest BCUT2D eigenvalue weighted by Crippen LogP contribution is 2.26. The molecule has 0 spiro atoms. The van der Waals surface area contributed by atoms with Gasteiger partial charge in [0.25, 0.3) is 0 Å². The summed E-state index contributed by atoms with van der Waals surface area (Å²) in [4.78, 5) is 19.6. The number of oxazole rings is 2. The minimum atomic E-state index is -0.583. The van der Waals surface area contributed by atoms with Crippen molar-refractivity contribution in [2.24, 2.45) is 0 Å². The number of hydrogen-bond acceptors (Lipinski definition) is 7. The Labute approximate surface area is 139 Å². The van der Waals surface area contributed by atoms with Gasteiger partial charge in [-0.25, -0.2) is 9.18 Å². The van der Waals surface area contributed by atoms with Crippen molar-refractivity contribution in [2.45, 2.75) is 0 Å². The Morgan fingerprint density at radius 2 is 1.68 bits per heavy atom. The van der Waals surface area contributed by atoms with Crippen molar-refractivity contribution in [1.29, 1.82) is 0 Å². The maximum atomic E-state index is 13.2. The van der Waals surface area contributed by atoms with E-state index in [1.807, 2.05) is 0 Å². The van der Waals surface area contributed by atoms with Crippen LogP contribution in [0.2, 0.25) is 0 Å². The van der Waals surface area contributed by atoms with Crippen LogP contribution in [0.4, 0.5) is 26.9 Å². The summed E-state index contributed by atoms with van der Waals surface area (Å²) in [7, 11) is 1.28. The summed E-state index contributed by atoms with van der Waals surface area (Å²) < 4.78 is 28.7. The number of ether oxygens (including phenoxy) is 1. The van der Waals surface area contributed by atoms with Crippen molar-refractivity contribution in [3.05, 3.63) is 42.2 Å². The van der Waals surface area contributed by atoms with Gasteiger partial charge in [0, 0.05) is 11.8 Å². The normalized spacial score (nSPS) is 11.0. The maximum Gasteiger partial charge on any atom is 0.411 e.